The molecule has 7 nitrogen and oxygen atoms in total. The molecule has 1 saturated heterocycles. The fourth-order valence-electron chi connectivity index (χ4n) is 2.82. The Balaban J connectivity index is 1.84. The fraction of sp³-hybridized carbons (Fsp3) is 0.438. The van der Waals surface area contributed by atoms with Crippen LogP contribution in [0.3, 0.4) is 0 Å². The summed E-state index contributed by atoms with van der Waals surface area (Å²) in [6, 6.07) is 7.83. The molecule has 0 radical (unpaired) electrons. The highest BCUT2D eigenvalue weighted by molar-refractivity contribution is 7.85. The third-order valence-corrected chi connectivity index (χ3v) is 4.72. The quantitative estimate of drug-likeness (QED) is 0.797. The molecule has 0 spiro atoms. The molecule has 24 heavy (non-hydrogen) atoms. The second-order valence-electron chi connectivity index (χ2n) is 5.98. The number of nitrogens with zero attached hydrogens (tertiary/aromatic N) is 2. The first-order valence-electron chi connectivity index (χ1n) is 7.66. The molecular formula is C16H20N2O5S. The van der Waals surface area contributed by atoms with Crippen LogP contribution in [0.5, 0.6) is 0 Å². The van der Waals surface area contributed by atoms with Gasteiger partial charge in [0, 0.05) is 18.0 Å². The lowest BCUT2D eigenvalue weighted by Gasteiger charge is -2.29. The largest absolute Gasteiger partial charge is 0.342 e. The minimum Gasteiger partial charge on any atom is -0.342 e. The summed E-state index contributed by atoms with van der Waals surface area (Å²) in [5.74, 6) is -1.35. The summed E-state index contributed by atoms with van der Waals surface area (Å²) >= 11 is 0. The standard InChI is InChI=1S/C16H20N2O5S/c1-13-3-2-4-14(9-13)16(11-18-7-6-17-12-18)22-10-15(23-16)5-8-24(19,20)21/h2-4,6-7,9,12,15H,5,8,10-11H2,1H3,(H,19,20,21). The molecule has 130 valence electrons. The van der Waals surface area contributed by atoms with Crippen molar-refractivity contribution < 1.29 is 22.4 Å². The van der Waals surface area contributed by atoms with Crippen LogP contribution in [-0.2, 0) is 31.9 Å². The van der Waals surface area contributed by atoms with Gasteiger partial charge in [-0.3, -0.25) is 4.55 Å². The Morgan fingerprint density at radius 1 is 1.46 bits per heavy atom. The number of hydrogen-bond donors (Lipinski definition) is 1. The van der Waals surface area contributed by atoms with Crippen LogP contribution in [0.2, 0.25) is 0 Å². The van der Waals surface area contributed by atoms with Gasteiger partial charge in [-0.2, -0.15) is 8.42 Å². The number of ether oxygens (including phenoxy) is 2. The predicted molar refractivity (Wildman–Crippen MR) is 86.9 cm³/mol. The van der Waals surface area contributed by atoms with Gasteiger partial charge >= 0.3 is 0 Å². The first-order valence-corrected chi connectivity index (χ1v) is 9.27. The molecule has 2 atom stereocenters. The van der Waals surface area contributed by atoms with Crippen LogP contribution in [0.4, 0.5) is 0 Å². The van der Waals surface area contributed by atoms with E-state index in [-0.39, 0.29) is 18.8 Å². The maximum Gasteiger partial charge on any atom is 0.264 e. The Kier molecular flexibility index (Phi) is 4.73. The fourth-order valence-corrected chi connectivity index (χ4v) is 3.38. The molecule has 0 amide bonds. The van der Waals surface area contributed by atoms with E-state index in [2.05, 4.69) is 4.98 Å². The molecule has 1 aliphatic rings. The van der Waals surface area contributed by atoms with Crippen LogP contribution in [-0.4, -0.2) is 41.0 Å². The molecule has 2 heterocycles. The maximum absolute atomic E-state index is 11.0. The van der Waals surface area contributed by atoms with Gasteiger partial charge in [0.05, 0.1) is 31.3 Å². The van der Waals surface area contributed by atoms with E-state index in [0.29, 0.717) is 6.54 Å². The zero-order valence-corrected chi connectivity index (χ0v) is 14.1. The summed E-state index contributed by atoms with van der Waals surface area (Å²) < 4.78 is 44.8. The van der Waals surface area contributed by atoms with Crippen LogP contribution < -0.4 is 0 Å². The molecule has 1 fully saturated rings. The predicted octanol–water partition coefficient (Wildman–Crippen LogP) is 1.74. The van der Waals surface area contributed by atoms with Crippen molar-refractivity contribution in [2.45, 2.75) is 31.8 Å². The van der Waals surface area contributed by atoms with Gasteiger partial charge in [-0.25, -0.2) is 4.98 Å². The first kappa shape index (κ1) is 17.1. The van der Waals surface area contributed by atoms with Crippen LogP contribution in [0.1, 0.15) is 17.5 Å². The monoisotopic (exact) mass is 352 g/mol. The summed E-state index contributed by atoms with van der Waals surface area (Å²) in [4.78, 5) is 4.03. The minimum absolute atomic E-state index is 0.177. The molecular weight excluding hydrogens is 332 g/mol. The third-order valence-electron chi connectivity index (χ3n) is 3.97. The van der Waals surface area contributed by atoms with Gasteiger partial charge in [0.2, 0.25) is 5.79 Å². The van der Waals surface area contributed by atoms with E-state index >= 15 is 0 Å². The molecule has 2 aromatic rings. The summed E-state index contributed by atoms with van der Waals surface area (Å²) in [7, 11) is -4.02. The van der Waals surface area contributed by atoms with Crippen LogP contribution in [0, 0.1) is 6.92 Å². The van der Waals surface area contributed by atoms with Gasteiger partial charge in [0.1, 0.15) is 0 Å². The van der Waals surface area contributed by atoms with E-state index in [1.165, 1.54) is 0 Å². The number of rotatable bonds is 6. The molecule has 1 aliphatic heterocycles. The number of imidazole rings is 1. The molecule has 0 saturated carbocycles. The third kappa shape index (κ3) is 4.02. The van der Waals surface area contributed by atoms with E-state index in [9.17, 15) is 8.42 Å². The lowest BCUT2D eigenvalue weighted by atomic mass is 10.0. The summed E-state index contributed by atoms with van der Waals surface area (Å²) in [6.45, 7) is 2.65. The van der Waals surface area contributed by atoms with Gasteiger partial charge < -0.3 is 14.0 Å². The highest BCUT2D eigenvalue weighted by Gasteiger charge is 2.43. The van der Waals surface area contributed by atoms with E-state index in [1.807, 2.05) is 42.0 Å². The van der Waals surface area contributed by atoms with Crippen LogP contribution in [0.25, 0.3) is 0 Å². The van der Waals surface area contributed by atoms with Crippen molar-refractivity contribution in [1.82, 2.24) is 9.55 Å². The van der Waals surface area contributed by atoms with E-state index in [1.54, 1.807) is 12.5 Å². The van der Waals surface area contributed by atoms with Crippen molar-refractivity contribution in [3.63, 3.8) is 0 Å². The van der Waals surface area contributed by atoms with Gasteiger partial charge in [-0.1, -0.05) is 29.8 Å². The molecule has 1 N–H and O–H groups in total. The number of aryl methyl sites for hydroxylation is 1. The topological polar surface area (TPSA) is 90.7 Å². The van der Waals surface area contributed by atoms with E-state index in [0.717, 1.165) is 11.1 Å². The van der Waals surface area contributed by atoms with Gasteiger partial charge in [-0.05, 0) is 13.3 Å². The van der Waals surface area contributed by atoms with Crippen molar-refractivity contribution in [2.75, 3.05) is 12.4 Å². The molecule has 0 bridgehead atoms. The Morgan fingerprint density at radius 3 is 2.96 bits per heavy atom. The smallest absolute Gasteiger partial charge is 0.264 e. The molecule has 1 aromatic heterocycles. The van der Waals surface area contributed by atoms with Gasteiger partial charge in [0.25, 0.3) is 10.1 Å². The highest BCUT2D eigenvalue weighted by Crippen LogP contribution is 2.37. The van der Waals surface area contributed by atoms with Crippen molar-refractivity contribution in [2.24, 2.45) is 0 Å². The summed E-state index contributed by atoms with van der Waals surface area (Å²) in [5, 5.41) is 0. The Morgan fingerprint density at radius 2 is 2.29 bits per heavy atom. The van der Waals surface area contributed by atoms with Crippen LogP contribution >= 0.6 is 0 Å². The van der Waals surface area contributed by atoms with Crippen molar-refractivity contribution >= 4 is 10.1 Å². The Hall–Kier alpha value is -1.74. The molecule has 0 aliphatic carbocycles. The maximum atomic E-state index is 11.0. The lowest BCUT2D eigenvalue weighted by Crippen LogP contribution is -2.33. The minimum atomic E-state index is -4.02. The molecule has 2 unspecified atom stereocenters. The van der Waals surface area contributed by atoms with Crippen molar-refractivity contribution in [1.29, 1.82) is 0 Å². The zero-order chi connectivity index (χ0) is 17.2. The van der Waals surface area contributed by atoms with Crippen molar-refractivity contribution in [3.05, 3.63) is 54.1 Å². The van der Waals surface area contributed by atoms with Gasteiger partial charge in [0.15, 0.2) is 0 Å². The zero-order valence-electron chi connectivity index (χ0n) is 13.3. The van der Waals surface area contributed by atoms with E-state index < -0.39 is 22.0 Å². The Labute approximate surface area is 141 Å². The Bertz CT molecular complexity index is 791. The number of benzene rings is 1. The number of aromatic nitrogens is 2. The lowest BCUT2D eigenvalue weighted by molar-refractivity contribution is -0.187. The average molecular weight is 352 g/mol. The number of hydrogen-bond acceptors (Lipinski definition) is 5. The second-order valence-corrected chi connectivity index (χ2v) is 7.56. The summed E-state index contributed by atoms with van der Waals surface area (Å²) in [5.41, 5.74) is 1.94. The average Bonchev–Trinajstić information content (AvgIpc) is 3.15. The van der Waals surface area contributed by atoms with Crippen LogP contribution in [0.15, 0.2) is 43.0 Å². The highest BCUT2D eigenvalue weighted by atomic mass is 32.2. The molecule has 3 rings (SSSR count). The molecule has 1 aromatic carbocycles. The first-order chi connectivity index (χ1) is 11.4. The summed E-state index contributed by atoms with van der Waals surface area (Å²) in [6.07, 6.45) is 4.94. The normalized spacial score (nSPS) is 24.3. The SMILES string of the molecule is Cc1cccc(C2(Cn3ccnc3)OCC(CCS(=O)(=O)O)O2)c1. The second kappa shape index (κ2) is 6.64. The molecule has 8 heteroatoms. The van der Waals surface area contributed by atoms with Crippen molar-refractivity contribution in [3.8, 4) is 0 Å². The van der Waals surface area contributed by atoms with Gasteiger partial charge in [-0.15, -0.1) is 0 Å². The van der Waals surface area contributed by atoms with E-state index in [4.69, 9.17) is 14.0 Å².